The van der Waals surface area contributed by atoms with Crippen molar-refractivity contribution in [3.63, 3.8) is 0 Å². The molecule has 1 aromatic carbocycles. The minimum Gasteiger partial charge on any atom is -0.358 e. The molecular formula is C31H28N6S. The van der Waals surface area contributed by atoms with Gasteiger partial charge in [0.1, 0.15) is 5.69 Å². The number of fused-ring (bicyclic) bond motifs is 2. The van der Waals surface area contributed by atoms with Crippen LogP contribution in [-0.2, 0) is 0 Å². The minimum absolute atomic E-state index is 0.545. The molecule has 0 amide bonds. The number of rotatable bonds is 6. The zero-order chi connectivity index (χ0) is 25.5. The predicted octanol–water partition coefficient (Wildman–Crippen LogP) is 8.40. The van der Waals surface area contributed by atoms with Gasteiger partial charge in [0.05, 0.1) is 34.8 Å². The van der Waals surface area contributed by atoms with Crippen molar-refractivity contribution >= 4 is 38.8 Å². The third kappa shape index (κ3) is 4.19. The normalized spacial score (nSPS) is 14.3. The Morgan fingerprint density at radius 1 is 0.868 bits per heavy atom. The number of H-pyrrole nitrogens is 2. The molecule has 0 saturated heterocycles. The van der Waals surface area contributed by atoms with Crippen molar-refractivity contribution in [2.24, 2.45) is 5.92 Å². The summed E-state index contributed by atoms with van der Waals surface area (Å²) in [5.41, 5.74) is 10.4. The molecular weight excluding hydrogens is 488 g/mol. The van der Waals surface area contributed by atoms with Crippen LogP contribution in [0.3, 0.4) is 0 Å². The van der Waals surface area contributed by atoms with Gasteiger partial charge in [-0.2, -0.15) is 16.4 Å². The Balaban J connectivity index is 1.23. The van der Waals surface area contributed by atoms with Gasteiger partial charge in [-0.1, -0.05) is 31.9 Å². The summed E-state index contributed by atoms with van der Waals surface area (Å²) in [6, 6.07) is 12.9. The lowest BCUT2D eigenvalue weighted by Gasteiger charge is -2.24. The number of benzene rings is 1. The largest absolute Gasteiger partial charge is 0.358 e. The van der Waals surface area contributed by atoms with Crippen molar-refractivity contribution < 1.29 is 0 Å². The fraction of sp³-hybridized carbons (Fsp3) is 0.194. The molecule has 188 valence electrons. The van der Waals surface area contributed by atoms with Crippen LogP contribution in [0.4, 0.5) is 5.69 Å². The summed E-state index contributed by atoms with van der Waals surface area (Å²) in [7, 11) is 0. The van der Waals surface area contributed by atoms with E-state index in [0.717, 1.165) is 61.3 Å². The summed E-state index contributed by atoms with van der Waals surface area (Å²) in [6.07, 6.45) is 14.0. The van der Waals surface area contributed by atoms with Crippen LogP contribution in [0.2, 0.25) is 0 Å². The van der Waals surface area contributed by atoms with E-state index in [-0.39, 0.29) is 0 Å². The third-order valence-corrected chi connectivity index (χ3v) is 8.35. The van der Waals surface area contributed by atoms with E-state index >= 15 is 0 Å². The van der Waals surface area contributed by atoms with E-state index in [4.69, 9.17) is 0 Å². The second-order valence-electron chi connectivity index (χ2n) is 10.1. The van der Waals surface area contributed by atoms with Crippen molar-refractivity contribution in [1.29, 1.82) is 0 Å². The van der Waals surface area contributed by atoms with Gasteiger partial charge in [0.25, 0.3) is 0 Å². The van der Waals surface area contributed by atoms with Crippen molar-refractivity contribution in [3.8, 4) is 33.6 Å². The maximum Gasteiger partial charge on any atom is 0.116 e. The highest BCUT2D eigenvalue weighted by atomic mass is 32.1. The summed E-state index contributed by atoms with van der Waals surface area (Å²) in [5.74, 6) is 0.545. The number of pyridine rings is 2. The molecule has 0 aliphatic heterocycles. The van der Waals surface area contributed by atoms with Crippen LogP contribution in [0.1, 0.15) is 32.1 Å². The molecule has 7 rings (SSSR count). The first-order valence-corrected chi connectivity index (χ1v) is 14.1. The topological polar surface area (TPSA) is 82.3 Å². The van der Waals surface area contributed by atoms with Crippen molar-refractivity contribution in [2.45, 2.75) is 32.1 Å². The van der Waals surface area contributed by atoms with E-state index in [1.807, 2.05) is 24.8 Å². The summed E-state index contributed by atoms with van der Waals surface area (Å²) < 4.78 is 0. The second kappa shape index (κ2) is 9.58. The van der Waals surface area contributed by atoms with Crippen LogP contribution in [0, 0.1) is 5.92 Å². The summed E-state index contributed by atoms with van der Waals surface area (Å²) in [6.45, 7) is 4.34. The Labute approximate surface area is 224 Å². The molecule has 38 heavy (non-hydrogen) atoms. The Hall–Kier alpha value is -4.23. The molecule has 5 heterocycles. The quantitative estimate of drug-likeness (QED) is 0.208. The molecule has 1 aliphatic carbocycles. The molecule has 0 unspecified atom stereocenters. The highest BCUT2D eigenvalue weighted by Crippen LogP contribution is 2.36. The zero-order valence-corrected chi connectivity index (χ0v) is 21.8. The van der Waals surface area contributed by atoms with E-state index in [9.17, 15) is 0 Å². The van der Waals surface area contributed by atoms with Crippen molar-refractivity contribution in [3.05, 3.63) is 84.2 Å². The average Bonchev–Trinajstić information content (AvgIpc) is 3.73. The van der Waals surface area contributed by atoms with E-state index in [2.05, 4.69) is 84.2 Å². The van der Waals surface area contributed by atoms with Gasteiger partial charge in [-0.15, -0.1) is 0 Å². The summed E-state index contributed by atoms with van der Waals surface area (Å²) >= 11 is 1.69. The fourth-order valence-corrected chi connectivity index (χ4v) is 6.29. The fourth-order valence-electron chi connectivity index (χ4n) is 5.63. The Kier molecular flexibility index (Phi) is 5.78. The lowest BCUT2D eigenvalue weighted by molar-refractivity contribution is 0.405. The third-order valence-electron chi connectivity index (χ3n) is 7.67. The molecule has 1 fully saturated rings. The molecule has 1 saturated carbocycles. The monoisotopic (exact) mass is 516 g/mol. The molecule has 0 atom stereocenters. The van der Waals surface area contributed by atoms with Gasteiger partial charge in [-0.3, -0.25) is 15.1 Å². The first kappa shape index (κ1) is 22.9. The van der Waals surface area contributed by atoms with Gasteiger partial charge in [-0.05, 0) is 71.0 Å². The first-order valence-electron chi connectivity index (χ1n) is 13.1. The molecule has 0 bridgehead atoms. The van der Waals surface area contributed by atoms with Crippen LogP contribution in [0.5, 0.6) is 0 Å². The number of hydrogen-bond donors (Lipinski definition) is 3. The smallest absolute Gasteiger partial charge is 0.116 e. The van der Waals surface area contributed by atoms with Gasteiger partial charge >= 0.3 is 0 Å². The molecule has 1 aliphatic rings. The number of aromatic nitrogens is 5. The molecule has 3 N–H and O–H groups in total. The number of anilines is 1. The van der Waals surface area contributed by atoms with Gasteiger partial charge < -0.3 is 10.3 Å². The summed E-state index contributed by atoms with van der Waals surface area (Å²) in [4.78, 5) is 12.5. The maximum atomic E-state index is 4.68. The number of hydrogen-bond acceptors (Lipinski definition) is 5. The van der Waals surface area contributed by atoms with E-state index < -0.39 is 0 Å². The Morgan fingerprint density at radius 3 is 2.63 bits per heavy atom. The van der Waals surface area contributed by atoms with Crippen LogP contribution in [0.15, 0.2) is 84.2 Å². The van der Waals surface area contributed by atoms with Gasteiger partial charge in [0.15, 0.2) is 0 Å². The van der Waals surface area contributed by atoms with E-state index in [1.54, 1.807) is 11.3 Å². The number of aromatic amines is 2. The van der Waals surface area contributed by atoms with Crippen molar-refractivity contribution in [2.75, 3.05) is 5.32 Å². The summed E-state index contributed by atoms with van der Waals surface area (Å²) in [5, 5.41) is 17.9. The first-order chi connectivity index (χ1) is 18.7. The van der Waals surface area contributed by atoms with Gasteiger partial charge in [0, 0.05) is 40.0 Å². The predicted molar refractivity (Wildman–Crippen MR) is 157 cm³/mol. The van der Waals surface area contributed by atoms with E-state index in [1.165, 1.54) is 37.7 Å². The highest BCUT2D eigenvalue weighted by molar-refractivity contribution is 7.08. The van der Waals surface area contributed by atoms with Gasteiger partial charge in [-0.25, -0.2) is 0 Å². The number of allylic oxidation sites excluding steroid dienone is 1. The van der Waals surface area contributed by atoms with Crippen molar-refractivity contribution in [1.82, 2.24) is 25.1 Å². The second-order valence-corrected chi connectivity index (χ2v) is 10.9. The standard InChI is InChI=1S/C31H28N6S/c1-19(20-5-3-2-4-6-20)34-24-11-23(14-32-15-24)21-7-8-28-26(12-21)31(37-36-28)29-13-25-27(22-9-10-38-18-22)16-33-17-30(25)35-29/h7-18,20,34-35H,1-6H2,(H,36,37). The van der Waals surface area contributed by atoms with E-state index in [0.29, 0.717) is 5.92 Å². The van der Waals surface area contributed by atoms with Crippen LogP contribution < -0.4 is 5.32 Å². The van der Waals surface area contributed by atoms with Crippen LogP contribution in [-0.4, -0.2) is 25.1 Å². The molecule has 5 aromatic heterocycles. The Morgan fingerprint density at radius 2 is 1.76 bits per heavy atom. The van der Waals surface area contributed by atoms with Crippen LogP contribution in [0.25, 0.3) is 55.4 Å². The minimum atomic E-state index is 0.545. The number of thiophene rings is 1. The zero-order valence-electron chi connectivity index (χ0n) is 21.0. The molecule has 0 radical (unpaired) electrons. The number of nitrogens with one attached hydrogen (secondary N) is 3. The maximum absolute atomic E-state index is 4.68. The molecule has 0 spiro atoms. The SMILES string of the molecule is C=C(Nc1cncc(-c2ccc3[nH]nc(-c4cc5c(-c6ccsc6)cncc5[nH]4)c3c2)c1)C1CCCCC1. The Bertz CT molecular complexity index is 1750. The molecule has 6 nitrogen and oxygen atoms in total. The lowest BCUT2D eigenvalue weighted by Crippen LogP contribution is -2.14. The van der Waals surface area contributed by atoms with Crippen LogP contribution >= 0.6 is 11.3 Å². The molecule has 6 aromatic rings. The lowest BCUT2D eigenvalue weighted by atomic mass is 9.87. The average molecular weight is 517 g/mol. The molecule has 7 heteroatoms. The van der Waals surface area contributed by atoms with Gasteiger partial charge in [0.2, 0.25) is 0 Å². The number of nitrogens with zero attached hydrogens (tertiary/aromatic N) is 3. The highest BCUT2D eigenvalue weighted by Gasteiger charge is 2.17.